The molecule has 0 saturated heterocycles. The number of nitrogens with zero attached hydrogens (tertiary/aromatic N) is 2. The van der Waals surface area contributed by atoms with Crippen molar-refractivity contribution in [2.24, 2.45) is 27.6 Å². The summed E-state index contributed by atoms with van der Waals surface area (Å²) in [6.45, 7) is 11.0. The van der Waals surface area contributed by atoms with Crippen molar-refractivity contribution in [1.82, 2.24) is 0 Å². The van der Waals surface area contributed by atoms with E-state index in [1.54, 1.807) is 0 Å². The van der Waals surface area contributed by atoms with Gasteiger partial charge in [-0.25, -0.2) is 0 Å². The van der Waals surface area contributed by atoms with E-state index in [0.29, 0.717) is 5.92 Å². The van der Waals surface area contributed by atoms with E-state index >= 15 is 0 Å². The lowest BCUT2D eigenvalue weighted by Crippen LogP contribution is -2.47. The molecule has 0 spiro atoms. The van der Waals surface area contributed by atoms with E-state index in [1.807, 2.05) is 0 Å². The third kappa shape index (κ3) is 2.06. The normalized spacial score (nSPS) is 32.9. The highest BCUT2D eigenvalue weighted by atomic mass is 14.6. The molecule has 0 N–H and O–H groups in total. The van der Waals surface area contributed by atoms with Crippen LogP contribution in [0.25, 0.3) is 0 Å². The van der Waals surface area contributed by atoms with Crippen molar-refractivity contribution in [3.63, 3.8) is 0 Å². The van der Waals surface area contributed by atoms with Crippen LogP contribution in [0.4, 0.5) is 0 Å². The zero-order chi connectivity index (χ0) is 14.5. The smallest absolute Gasteiger partial charge is 0.0695 e. The van der Waals surface area contributed by atoms with Gasteiger partial charge in [0.2, 0.25) is 0 Å². The molecule has 2 heteroatoms. The molecular weight excluding hydrogens is 232 g/mol. The summed E-state index contributed by atoms with van der Waals surface area (Å²) >= 11 is 0. The molecule has 2 aliphatic carbocycles. The van der Waals surface area contributed by atoms with Gasteiger partial charge in [-0.1, -0.05) is 34.6 Å². The van der Waals surface area contributed by atoms with Crippen molar-refractivity contribution in [2.45, 2.75) is 66.7 Å². The Morgan fingerprint density at radius 2 is 1.42 bits per heavy atom. The van der Waals surface area contributed by atoms with Crippen molar-refractivity contribution in [2.75, 3.05) is 0 Å². The fourth-order valence-corrected chi connectivity index (χ4v) is 3.92. The second kappa shape index (κ2) is 3.99. The van der Waals surface area contributed by atoms with E-state index < -0.39 is 0 Å². The maximum atomic E-state index is 9.50. The zero-order valence-electron chi connectivity index (χ0n) is 13.0. The van der Waals surface area contributed by atoms with Gasteiger partial charge in [-0.2, -0.15) is 10.5 Å². The summed E-state index contributed by atoms with van der Waals surface area (Å²) in [5.74, 6) is 0.625. The number of rotatable bonds is 3. The Morgan fingerprint density at radius 1 is 0.947 bits per heavy atom. The number of nitriles is 2. The molecule has 19 heavy (non-hydrogen) atoms. The monoisotopic (exact) mass is 258 g/mol. The molecule has 0 aromatic carbocycles. The summed E-state index contributed by atoms with van der Waals surface area (Å²) in [6.07, 6.45) is 5.24. The zero-order valence-corrected chi connectivity index (χ0v) is 13.0. The van der Waals surface area contributed by atoms with Crippen LogP contribution in [0.1, 0.15) is 66.7 Å². The molecule has 0 amide bonds. The first-order valence-corrected chi connectivity index (χ1v) is 7.44. The maximum absolute atomic E-state index is 9.50. The second-order valence-electron chi connectivity index (χ2n) is 8.50. The minimum absolute atomic E-state index is 0.0644. The molecule has 2 rings (SSSR count). The summed E-state index contributed by atoms with van der Waals surface area (Å²) in [7, 11) is 0. The molecule has 104 valence electrons. The fraction of sp³-hybridized carbons (Fsp3) is 0.882. The molecule has 2 aliphatic rings. The van der Waals surface area contributed by atoms with E-state index in [0.717, 1.165) is 32.1 Å². The van der Waals surface area contributed by atoms with Crippen LogP contribution in [-0.4, -0.2) is 0 Å². The molecule has 2 fully saturated rings. The molecule has 0 unspecified atom stereocenters. The van der Waals surface area contributed by atoms with Crippen molar-refractivity contribution in [3.8, 4) is 12.1 Å². The molecule has 0 aromatic heterocycles. The van der Waals surface area contributed by atoms with Gasteiger partial charge < -0.3 is 0 Å². The Kier molecular flexibility index (Phi) is 3.02. The number of hydrogen-bond acceptors (Lipinski definition) is 2. The Hall–Kier alpha value is -1.02. The molecule has 0 aromatic rings. The summed E-state index contributed by atoms with van der Waals surface area (Å²) in [5, 5.41) is 18.9. The van der Waals surface area contributed by atoms with Crippen LogP contribution in [0.5, 0.6) is 0 Å². The van der Waals surface area contributed by atoms with Crippen molar-refractivity contribution in [1.29, 1.82) is 10.5 Å². The van der Waals surface area contributed by atoms with Crippen LogP contribution in [0.3, 0.4) is 0 Å². The van der Waals surface area contributed by atoms with Crippen LogP contribution in [0.2, 0.25) is 0 Å². The van der Waals surface area contributed by atoms with Gasteiger partial charge in [0.25, 0.3) is 0 Å². The van der Waals surface area contributed by atoms with Crippen LogP contribution in [0.15, 0.2) is 0 Å². The third-order valence-electron chi connectivity index (χ3n) is 5.98. The van der Waals surface area contributed by atoms with E-state index in [9.17, 15) is 10.5 Å². The summed E-state index contributed by atoms with van der Waals surface area (Å²) in [6, 6.07) is 5.12. The molecule has 0 heterocycles. The lowest BCUT2D eigenvalue weighted by molar-refractivity contribution is -0.0222. The predicted molar refractivity (Wildman–Crippen MR) is 75.9 cm³/mol. The number of hydrogen-bond donors (Lipinski definition) is 0. The Labute approximate surface area is 117 Å². The molecule has 2 saturated carbocycles. The average Bonchev–Trinajstić information content (AvgIpc) is 3.01. The predicted octanol–water partition coefficient (Wildman–Crippen LogP) is 4.67. The minimum Gasteiger partial charge on any atom is -0.198 e. The van der Waals surface area contributed by atoms with Crippen molar-refractivity contribution >= 4 is 0 Å². The molecule has 0 bridgehead atoms. The summed E-state index contributed by atoms with van der Waals surface area (Å²) in [5.41, 5.74) is -0.0441. The summed E-state index contributed by atoms with van der Waals surface area (Å²) in [4.78, 5) is 0. The Balaban J connectivity index is 2.00. The first kappa shape index (κ1) is 14.4. The van der Waals surface area contributed by atoms with Gasteiger partial charge in [0.15, 0.2) is 0 Å². The van der Waals surface area contributed by atoms with Crippen molar-refractivity contribution < 1.29 is 0 Å². The van der Waals surface area contributed by atoms with E-state index in [2.05, 4.69) is 46.8 Å². The summed E-state index contributed by atoms with van der Waals surface area (Å²) < 4.78 is 0. The lowest BCUT2D eigenvalue weighted by Gasteiger charge is -2.53. The topological polar surface area (TPSA) is 47.6 Å². The van der Waals surface area contributed by atoms with Gasteiger partial charge in [-0.15, -0.1) is 0 Å². The lowest BCUT2D eigenvalue weighted by atomic mass is 9.49. The van der Waals surface area contributed by atoms with Gasteiger partial charge in [0, 0.05) is 0 Å². The van der Waals surface area contributed by atoms with Gasteiger partial charge in [-0.05, 0) is 48.9 Å². The Morgan fingerprint density at radius 3 is 1.74 bits per heavy atom. The van der Waals surface area contributed by atoms with Gasteiger partial charge >= 0.3 is 0 Å². The van der Waals surface area contributed by atoms with Gasteiger partial charge in [-0.3, -0.25) is 0 Å². The van der Waals surface area contributed by atoms with E-state index in [1.165, 1.54) is 0 Å². The largest absolute Gasteiger partial charge is 0.198 e. The quantitative estimate of drug-likeness (QED) is 0.738. The van der Waals surface area contributed by atoms with Crippen LogP contribution in [0, 0.1) is 50.2 Å². The average molecular weight is 258 g/mol. The fourth-order valence-electron chi connectivity index (χ4n) is 3.92. The van der Waals surface area contributed by atoms with E-state index in [4.69, 9.17) is 0 Å². The van der Waals surface area contributed by atoms with Crippen LogP contribution in [-0.2, 0) is 0 Å². The van der Waals surface area contributed by atoms with Crippen molar-refractivity contribution in [3.05, 3.63) is 0 Å². The molecular formula is C17H26N2. The Bertz CT molecular complexity index is 443. The molecule has 0 atom stereocenters. The highest BCUT2D eigenvalue weighted by Crippen LogP contribution is 2.64. The third-order valence-corrected chi connectivity index (χ3v) is 5.98. The van der Waals surface area contributed by atoms with Gasteiger partial charge in [0.1, 0.15) is 0 Å². The first-order chi connectivity index (χ1) is 8.61. The molecule has 0 aliphatic heterocycles. The standard InChI is InChI=1S/C17H26N2/c1-14(2,3)17(12-19)9-13(10-17)8-15(4,5)16(11-18)6-7-16/h13H,6-10H2,1-5H3. The second-order valence-corrected chi connectivity index (χ2v) is 8.50. The van der Waals surface area contributed by atoms with Gasteiger partial charge in [0.05, 0.1) is 23.0 Å². The van der Waals surface area contributed by atoms with E-state index in [-0.39, 0.29) is 21.7 Å². The molecule has 0 radical (unpaired) electrons. The van der Waals surface area contributed by atoms with Crippen LogP contribution < -0.4 is 0 Å². The first-order valence-electron chi connectivity index (χ1n) is 7.44. The van der Waals surface area contributed by atoms with Crippen LogP contribution >= 0.6 is 0 Å². The minimum atomic E-state index is -0.142. The highest BCUT2D eigenvalue weighted by Gasteiger charge is 2.59. The molecule has 2 nitrogen and oxygen atoms in total. The highest BCUT2D eigenvalue weighted by molar-refractivity contribution is 5.19. The SMILES string of the molecule is CC(C)(C)C1(C#N)CC(CC(C)(C)C2(C#N)CC2)C1. The maximum Gasteiger partial charge on any atom is 0.0695 e.